The van der Waals surface area contributed by atoms with Crippen LogP contribution in [-0.2, 0) is 20.9 Å². The van der Waals surface area contributed by atoms with Crippen LogP contribution in [0.1, 0.15) is 54.7 Å². The number of esters is 1. The predicted molar refractivity (Wildman–Crippen MR) is 132 cm³/mol. The molecule has 4 rings (SSSR count). The lowest BCUT2D eigenvalue weighted by Crippen LogP contribution is -2.29. The molecule has 3 aromatic rings. The van der Waals surface area contributed by atoms with Crippen LogP contribution >= 0.6 is 0 Å². The number of nitrogens with zero attached hydrogens (tertiary/aromatic N) is 1. The van der Waals surface area contributed by atoms with Crippen LogP contribution in [0.5, 0.6) is 5.75 Å². The lowest BCUT2D eigenvalue weighted by Gasteiger charge is -2.19. The van der Waals surface area contributed by atoms with Crippen molar-refractivity contribution in [2.24, 2.45) is 0 Å². The Bertz CT molecular complexity index is 1470. The number of halogens is 7. The fourth-order valence-electron chi connectivity index (χ4n) is 4.36. The molecule has 1 aromatic heterocycles. The molecule has 0 atom stereocenters. The van der Waals surface area contributed by atoms with Crippen LogP contribution in [0.3, 0.4) is 0 Å². The molecule has 6 nitrogen and oxygen atoms in total. The molecule has 0 saturated heterocycles. The molecule has 1 aliphatic carbocycles. The van der Waals surface area contributed by atoms with Gasteiger partial charge in [0.15, 0.2) is 0 Å². The first-order chi connectivity index (χ1) is 19.2. The zero-order chi connectivity index (χ0) is 30.2. The summed E-state index contributed by atoms with van der Waals surface area (Å²) in [5, 5.41) is 2.44. The molecule has 0 bridgehead atoms. The number of rotatable bonds is 9. The Morgan fingerprint density at radius 3 is 2.22 bits per heavy atom. The molecule has 1 aliphatic rings. The SMILES string of the molecule is CCOC(=O)c1cc(NC(=O)C2(c3ccc(OC(F)(F)F)cc3F)CC2)cc(F)c1-c1ccc(C(F)(F)CC)nc1. The van der Waals surface area contributed by atoms with Crippen molar-refractivity contribution in [1.29, 1.82) is 0 Å². The molecule has 218 valence electrons. The van der Waals surface area contributed by atoms with Gasteiger partial charge in [0.2, 0.25) is 5.91 Å². The molecule has 2 aromatic carbocycles. The van der Waals surface area contributed by atoms with Crippen molar-refractivity contribution < 1.29 is 49.8 Å². The second-order valence-electron chi connectivity index (χ2n) is 9.32. The summed E-state index contributed by atoms with van der Waals surface area (Å²) in [6.07, 6.45) is -4.24. The van der Waals surface area contributed by atoms with Crippen molar-refractivity contribution >= 4 is 17.6 Å². The topological polar surface area (TPSA) is 77.5 Å². The molecule has 0 spiro atoms. The summed E-state index contributed by atoms with van der Waals surface area (Å²) >= 11 is 0. The summed E-state index contributed by atoms with van der Waals surface area (Å²) in [5.41, 5.74) is -2.97. The van der Waals surface area contributed by atoms with Gasteiger partial charge in [-0.15, -0.1) is 13.2 Å². The summed E-state index contributed by atoms with van der Waals surface area (Å²) in [7, 11) is 0. The van der Waals surface area contributed by atoms with Gasteiger partial charge in [0.1, 0.15) is 23.1 Å². The number of ether oxygens (including phenoxy) is 2. The maximum Gasteiger partial charge on any atom is 0.573 e. The Hall–Kier alpha value is -4.16. The van der Waals surface area contributed by atoms with Crippen molar-refractivity contribution in [3.8, 4) is 16.9 Å². The van der Waals surface area contributed by atoms with E-state index < -0.39 is 59.1 Å². The van der Waals surface area contributed by atoms with Crippen molar-refractivity contribution in [3.05, 3.63) is 77.1 Å². The Balaban J connectivity index is 1.65. The summed E-state index contributed by atoms with van der Waals surface area (Å²) in [6, 6.07) is 6.60. The number of aromatic nitrogens is 1. The first kappa shape index (κ1) is 29.8. The lowest BCUT2D eigenvalue weighted by molar-refractivity contribution is -0.274. The third-order valence-corrected chi connectivity index (χ3v) is 6.59. The number of hydrogen-bond donors (Lipinski definition) is 1. The van der Waals surface area contributed by atoms with Gasteiger partial charge in [0, 0.05) is 41.1 Å². The van der Waals surface area contributed by atoms with Gasteiger partial charge >= 0.3 is 12.3 Å². The number of hydrogen-bond acceptors (Lipinski definition) is 5. The fraction of sp³-hybridized carbons (Fsp3) is 0.321. The minimum Gasteiger partial charge on any atom is -0.462 e. The Morgan fingerprint density at radius 2 is 1.68 bits per heavy atom. The van der Waals surface area contributed by atoms with Gasteiger partial charge in [0.05, 0.1) is 17.6 Å². The number of anilines is 1. The molecule has 0 radical (unpaired) electrons. The smallest absolute Gasteiger partial charge is 0.462 e. The zero-order valence-corrected chi connectivity index (χ0v) is 21.7. The Morgan fingerprint density at radius 1 is 0.976 bits per heavy atom. The van der Waals surface area contributed by atoms with Gasteiger partial charge in [-0.1, -0.05) is 19.1 Å². The molecule has 1 fully saturated rings. The van der Waals surface area contributed by atoms with Gasteiger partial charge in [-0.2, -0.15) is 8.78 Å². The monoisotopic (exact) mass is 584 g/mol. The first-order valence-corrected chi connectivity index (χ1v) is 12.4. The minimum absolute atomic E-state index is 0.000910. The van der Waals surface area contributed by atoms with E-state index in [4.69, 9.17) is 4.74 Å². The zero-order valence-electron chi connectivity index (χ0n) is 21.7. The third kappa shape index (κ3) is 6.28. The van der Waals surface area contributed by atoms with Gasteiger partial charge < -0.3 is 14.8 Å². The van der Waals surface area contributed by atoms with E-state index in [-0.39, 0.29) is 47.4 Å². The van der Waals surface area contributed by atoms with E-state index in [0.717, 1.165) is 36.5 Å². The highest BCUT2D eigenvalue weighted by Gasteiger charge is 2.53. The molecule has 1 N–H and O–H groups in total. The molecule has 0 aliphatic heterocycles. The van der Waals surface area contributed by atoms with E-state index in [0.29, 0.717) is 6.07 Å². The van der Waals surface area contributed by atoms with Gasteiger partial charge in [-0.3, -0.25) is 9.78 Å². The standard InChI is InChI=1S/C28H23F7N2O4/c1-3-27(31,32)22-8-5-15(14-36-22)23-18(24(38)40-4-2)11-16(12-21(23)30)37-25(39)26(9-10-26)19-7-6-17(13-20(19)29)41-28(33,34)35/h5-8,11-14H,3-4,9-10H2,1-2H3,(H,37,39). The fourth-order valence-corrected chi connectivity index (χ4v) is 4.36. The molecule has 1 amide bonds. The van der Waals surface area contributed by atoms with E-state index in [1.807, 2.05) is 0 Å². The van der Waals surface area contributed by atoms with Crippen molar-refractivity contribution in [2.45, 2.75) is 50.8 Å². The van der Waals surface area contributed by atoms with E-state index >= 15 is 4.39 Å². The van der Waals surface area contributed by atoms with Crippen LogP contribution < -0.4 is 10.1 Å². The average molecular weight is 584 g/mol. The number of nitrogens with one attached hydrogen (secondary N) is 1. The van der Waals surface area contributed by atoms with Crippen molar-refractivity contribution in [3.63, 3.8) is 0 Å². The largest absolute Gasteiger partial charge is 0.573 e. The highest BCUT2D eigenvalue weighted by molar-refractivity contribution is 6.04. The number of carbonyl (C=O) groups excluding carboxylic acids is 2. The first-order valence-electron chi connectivity index (χ1n) is 12.4. The van der Waals surface area contributed by atoms with E-state index in [2.05, 4.69) is 15.0 Å². The van der Waals surface area contributed by atoms with Gasteiger partial charge in [0.25, 0.3) is 5.92 Å². The predicted octanol–water partition coefficient (Wildman–Crippen LogP) is 7.27. The summed E-state index contributed by atoms with van der Waals surface area (Å²) in [6.45, 7) is 2.71. The number of amides is 1. The second kappa shape index (κ2) is 11.0. The van der Waals surface area contributed by atoms with E-state index in [9.17, 15) is 35.9 Å². The Kier molecular flexibility index (Phi) is 8.01. The molecule has 0 unspecified atom stereocenters. The summed E-state index contributed by atoms with van der Waals surface area (Å²) in [4.78, 5) is 29.6. The molecule has 41 heavy (non-hydrogen) atoms. The molecule has 13 heteroatoms. The highest BCUT2D eigenvalue weighted by atomic mass is 19.4. The van der Waals surface area contributed by atoms with Gasteiger partial charge in [-0.25, -0.2) is 13.6 Å². The minimum atomic E-state index is -5.03. The van der Waals surface area contributed by atoms with Crippen molar-refractivity contribution in [2.75, 3.05) is 11.9 Å². The van der Waals surface area contributed by atoms with E-state index in [1.54, 1.807) is 0 Å². The number of benzene rings is 2. The second-order valence-corrected chi connectivity index (χ2v) is 9.32. The maximum absolute atomic E-state index is 15.4. The van der Waals surface area contributed by atoms with Crippen molar-refractivity contribution in [1.82, 2.24) is 4.98 Å². The molecular weight excluding hydrogens is 561 g/mol. The lowest BCUT2D eigenvalue weighted by atomic mass is 9.93. The average Bonchev–Trinajstić information content (AvgIpc) is 3.70. The van der Waals surface area contributed by atoms with E-state index in [1.165, 1.54) is 19.9 Å². The van der Waals surface area contributed by atoms with Crippen LogP contribution in [0.4, 0.5) is 36.4 Å². The summed E-state index contributed by atoms with van der Waals surface area (Å²) < 4.78 is 104. The molecule has 1 saturated carbocycles. The number of alkyl halides is 5. The van der Waals surface area contributed by atoms with Crippen LogP contribution in [-0.4, -0.2) is 29.8 Å². The normalized spacial score (nSPS) is 14.4. The van der Waals surface area contributed by atoms with Crippen LogP contribution in [0.15, 0.2) is 48.7 Å². The third-order valence-electron chi connectivity index (χ3n) is 6.59. The maximum atomic E-state index is 15.4. The van der Waals surface area contributed by atoms with Crippen LogP contribution in [0, 0.1) is 11.6 Å². The summed E-state index contributed by atoms with van der Waals surface area (Å²) in [5.74, 6) is -7.86. The highest BCUT2D eigenvalue weighted by Crippen LogP contribution is 2.50. The molecule has 1 heterocycles. The van der Waals surface area contributed by atoms with Gasteiger partial charge in [-0.05, 0) is 44.0 Å². The molecular formula is C28H23F7N2O4. The van der Waals surface area contributed by atoms with Crippen LogP contribution in [0.2, 0.25) is 0 Å². The number of carbonyl (C=O) groups is 2. The quantitative estimate of drug-likeness (QED) is 0.211. The van der Waals surface area contributed by atoms with Crippen LogP contribution in [0.25, 0.3) is 11.1 Å². The number of pyridine rings is 1. The Labute approximate surface area is 229 Å².